The van der Waals surface area contributed by atoms with Gasteiger partial charge in [-0.1, -0.05) is 0 Å². The summed E-state index contributed by atoms with van der Waals surface area (Å²) >= 11 is 0. The number of rotatable bonds is 4. The van der Waals surface area contributed by atoms with Gasteiger partial charge in [0.05, 0.1) is 6.10 Å². The van der Waals surface area contributed by atoms with Gasteiger partial charge in [-0.15, -0.1) is 0 Å². The van der Waals surface area contributed by atoms with Gasteiger partial charge in [-0.2, -0.15) is 5.10 Å². The van der Waals surface area contributed by atoms with Crippen molar-refractivity contribution in [3.05, 3.63) is 12.2 Å². The van der Waals surface area contributed by atoms with E-state index < -0.39 is 0 Å². The van der Waals surface area contributed by atoms with Crippen LogP contribution < -0.4 is 0 Å². The van der Waals surface area contributed by atoms with Gasteiger partial charge in [0.25, 0.3) is 0 Å². The largest absolute Gasteiger partial charge is 0.392 e. The van der Waals surface area contributed by atoms with Crippen LogP contribution in [0.2, 0.25) is 0 Å². The molecule has 0 aliphatic heterocycles. The molecule has 1 aromatic heterocycles. The van der Waals surface area contributed by atoms with Crippen LogP contribution >= 0.6 is 0 Å². The monoisotopic (exact) mass is 289 g/mol. The standard InChI is InChI=1S/C17H27N3O/c1-10(2)20-16(18-9-19-20)8-15(21)17-13-4-11-3-12(6-13)7-14(17)5-11/h9-15,17,21H,3-8H2,1-2H3. The van der Waals surface area contributed by atoms with Crippen LogP contribution in [0.25, 0.3) is 0 Å². The first-order valence-corrected chi connectivity index (χ1v) is 8.68. The predicted octanol–water partition coefficient (Wildman–Crippen LogP) is 2.83. The van der Waals surface area contributed by atoms with E-state index in [2.05, 4.69) is 23.9 Å². The zero-order chi connectivity index (χ0) is 14.6. The lowest BCUT2D eigenvalue weighted by Gasteiger charge is -2.55. The van der Waals surface area contributed by atoms with Crippen molar-refractivity contribution in [2.75, 3.05) is 0 Å². The lowest BCUT2D eigenvalue weighted by Crippen LogP contribution is -2.49. The van der Waals surface area contributed by atoms with Gasteiger partial charge in [-0.3, -0.25) is 0 Å². The molecule has 0 saturated heterocycles. The number of hydrogen-bond acceptors (Lipinski definition) is 3. The van der Waals surface area contributed by atoms with Gasteiger partial charge < -0.3 is 5.11 Å². The lowest BCUT2D eigenvalue weighted by atomic mass is 9.50. The summed E-state index contributed by atoms with van der Waals surface area (Å²) < 4.78 is 1.96. The SMILES string of the molecule is CC(C)n1ncnc1CC(O)C1C2CC3CC(C2)CC1C3. The highest BCUT2D eigenvalue weighted by Crippen LogP contribution is 2.57. The van der Waals surface area contributed by atoms with Crippen LogP contribution in [-0.4, -0.2) is 26.0 Å². The first-order chi connectivity index (χ1) is 10.1. The van der Waals surface area contributed by atoms with Gasteiger partial charge in [0.1, 0.15) is 12.2 Å². The minimum atomic E-state index is -0.235. The van der Waals surface area contributed by atoms with E-state index in [4.69, 9.17) is 0 Å². The zero-order valence-corrected chi connectivity index (χ0v) is 13.2. The molecule has 4 aliphatic carbocycles. The summed E-state index contributed by atoms with van der Waals surface area (Å²) in [5.41, 5.74) is 0. The molecule has 0 spiro atoms. The Morgan fingerprint density at radius 2 is 1.76 bits per heavy atom. The molecule has 0 amide bonds. The Morgan fingerprint density at radius 1 is 1.14 bits per heavy atom. The van der Waals surface area contributed by atoms with Crippen LogP contribution in [0.3, 0.4) is 0 Å². The summed E-state index contributed by atoms with van der Waals surface area (Å²) in [7, 11) is 0. The van der Waals surface area contributed by atoms with Crippen LogP contribution in [0.5, 0.6) is 0 Å². The quantitative estimate of drug-likeness (QED) is 0.927. The number of aliphatic hydroxyl groups excluding tert-OH is 1. The van der Waals surface area contributed by atoms with Crippen molar-refractivity contribution in [3.63, 3.8) is 0 Å². The summed E-state index contributed by atoms with van der Waals surface area (Å²) in [6.45, 7) is 4.24. The van der Waals surface area contributed by atoms with Crippen LogP contribution in [0.4, 0.5) is 0 Å². The molecule has 0 radical (unpaired) electrons. The summed E-state index contributed by atoms with van der Waals surface area (Å²) in [5, 5.41) is 15.2. The molecule has 4 nitrogen and oxygen atoms in total. The Hall–Kier alpha value is -0.900. The third-order valence-corrected chi connectivity index (χ3v) is 6.27. The van der Waals surface area contributed by atoms with E-state index in [0.29, 0.717) is 18.4 Å². The van der Waals surface area contributed by atoms with Crippen molar-refractivity contribution in [2.24, 2.45) is 29.6 Å². The highest BCUT2D eigenvalue weighted by Gasteiger charge is 2.50. The van der Waals surface area contributed by atoms with E-state index >= 15 is 0 Å². The summed E-state index contributed by atoms with van der Waals surface area (Å²) in [5.74, 6) is 4.94. The zero-order valence-electron chi connectivity index (χ0n) is 13.2. The highest BCUT2D eigenvalue weighted by atomic mass is 16.3. The Bertz CT molecular complexity index is 482. The van der Waals surface area contributed by atoms with Gasteiger partial charge in [-0.05, 0) is 75.5 Å². The third kappa shape index (κ3) is 2.32. The van der Waals surface area contributed by atoms with Crippen molar-refractivity contribution in [1.29, 1.82) is 0 Å². The summed E-state index contributed by atoms with van der Waals surface area (Å²) in [6, 6.07) is 0.313. The molecule has 1 aromatic rings. The molecular weight excluding hydrogens is 262 g/mol. The van der Waals surface area contributed by atoms with Crippen molar-refractivity contribution < 1.29 is 5.11 Å². The first-order valence-electron chi connectivity index (χ1n) is 8.68. The van der Waals surface area contributed by atoms with Gasteiger partial charge in [0, 0.05) is 12.5 Å². The van der Waals surface area contributed by atoms with E-state index in [9.17, 15) is 5.11 Å². The molecule has 5 rings (SSSR count). The Labute approximate surface area is 127 Å². The topological polar surface area (TPSA) is 50.9 Å². The van der Waals surface area contributed by atoms with Gasteiger partial charge in [-0.25, -0.2) is 9.67 Å². The molecule has 1 atom stereocenters. The minimum Gasteiger partial charge on any atom is -0.392 e. The normalized spacial score (nSPS) is 39.1. The molecule has 4 fully saturated rings. The first kappa shape index (κ1) is 13.7. The van der Waals surface area contributed by atoms with Crippen molar-refractivity contribution >= 4 is 0 Å². The molecule has 4 aliphatic rings. The molecule has 1 heterocycles. The predicted molar refractivity (Wildman–Crippen MR) is 80.7 cm³/mol. The molecule has 4 heteroatoms. The fourth-order valence-electron chi connectivity index (χ4n) is 5.77. The van der Waals surface area contributed by atoms with Crippen molar-refractivity contribution in [3.8, 4) is 0 Å². The van der Waals surface area contributed by atoms with Crippen molar-refractivity contribution in [1.82, 2.24) is 14.8 Å². The van der Waals surface area contributed by atoms with Gasteiger partial charge >= 0.3 is 0 Å². The molecular formula is C17H27N3O. The van der Waals surface area contributed by atoms with Gasteiger partial charge in [0.2, 0.25) is 0 Å². The molecule has 4 saturated carbocycles. The van der Waals surface area contributed by atoms with E-state index in [1.165, 1.54) is 32.1 Å². The van der Waals surface area contributed by atoms with E-state index in [0.717, 1.165) is 29.5 Å². The van der Waals surface area contributed by atoms with Crippen LogP contribution in [-0.2, 0) is 6.42 Å². The maximum Gasteiger partial charge on any atom is 0.138 e. The average molecular weight is 289 g/mol. The van der Waals surface area contributed by atoms with Crippen molar-refractivity contribution in [2.45, 2.75) is 64.5 Å². The van der Waals surface area contributed by atoms with Crippen LogP contribution in [0, 0.1) is 29.6 Å². The van der Waals surface area contributed by atoms with Gasteiger partial charge in [0.15, 0.2) is 0 Å². The summed E-state index contributed by atoms with van der Waals surface area (Å²) in [4.78, 5) is 4.38. The lowest BCUT2D eigenvalue weighted by molar-refractivity contribution is -0.0894. The number of hydrogen-bond donors (Lipinski definition) is 1. The highest BCUT2D eigenvalue weighted by molar-refractivity contribution is 5.02. The van der Waals surface area contributed by atoms with E-state index in [-0.39, 0.29) is 6.10 Å². The number of nitrogens with zero attached hydrogens (tertiary/aromatic N) is 3. The minimum absolute atomic E-state index is 0.235. The Kier molecular flexibility index (Phi) is 3.32. The average Bonchev–Trinajstić information content (AvgIpc) is 2.85. The second-order valence-electron chi connectivity index (χ2n) is 7.99. The molecule has 1 unspecified atom stereocenters. The third-order valence-electron chi connectivity index (χ3n) is 6.27. The maximum atomic E-state index is 10.9. The Balaban J connectivity index is 1.50. The smallest absolute Gasteiger partial charge is 0.138 e. The molecule has 0 aromatic carbocycles. The second kappa shape index (κ2) is 5.08. The van der Waals surface area contributed by atoms with E-state index in [1.807, 2.05) is 4.68 Å². The van der Waals surface area contributed by atoms with Crippen LogP contribution in [0.15, 0.2) is 6.33 Å². The number of aromatic nitrogens is 3. The molecule has 21 heavy (non-hydrogen) atoms. The second-order valence-corrected chi connectivity index (χ2v) is 7.99. The molecule has 116 valence electrons. The van der Waals surface area contributed by atoms with E-state index in [1.54, 1.807) is 6.33 Å². The van der Waals surface area contributed by atoms with Crippen LogP contribution in [0.1, 0.15) is 57.8 Å². The Morgan fingerprint density at radius 3 is 2.33 bits per heavy atom. The maximum absolute atomic E-state index is 10.9. The fourth-order valence-corrected chi connectivity index (χ4v) is 5.77. The molecule has 1 N–H and O–H groups in total. The molecule has 4 bridgehead atoms. The fraction of sp³-hybridized carbons (Fsp3) is 0.882. The summed E-state index contributed by atoms with van der Waals surface area (Å²) in [6.07, 6.45) is 9.00. The number of aliphatic hydroxyl groups is 1.